The van der Waals surface area contributed by atoms with Crippen molar-refractivity contribution in [3.63, 3.8) is 0 Å². The second-order valence-corrected chi connectivity index (χ2v) is 9.57. The standard InChI is InChI=1S/C22H18Cl3NO2S/c1-16-7-10-19(11-8-16)29(27,28)26(14-17-5-3-2-4-6-17)15-22(25)18-9-12-20(23)21(24)13-18/h2-13,15H,14H2,1H3/b22-15-. The van der Waals surface area contributed by atoms with Crippen molar-refractivity contribution in [3.05, 3.63) is 106 Å². The molecular weight excluding hydrogens is 449 g/mol. The Balaban J connectivity index is 2.04. The third kappa shape index (κ3) is 5.34. The lowest BCUT2D eigenvalue weighted by molar-refractivity contribution is 0.496. The molecule has 0 N–H and O–H groups in total. The number of hydrogen-bond donors (Lipinski definition) is 0. The van der Waals surface area contributed by atoms with E-state index in [1.807, 2.05) is 37.3 Å². The largest absolute Gasteiger partial charge is 0.267 e. The molecule has 0 aliphatic rings. The molecule has 0 atom stereocenters. The summed E-state index contributed by atoms with van der Waals surface area (Å²) in [5.74, 6) is 0. The highest BCUT2D eigenvalue weighted by molar-refractivity contribution is 7.89. The molecule has 0 radical (unpaired) electrons. The number of nitrogens with zero attached hydrogens (tertiary/aromatic N) is 1. The van der Waals surface area contributed by atoms with Crippen LogP contribution in [0, 0.1) is 6.92 Å². The van der Waals surface area contributed by atoms with Gasteiger partial charge in [-0.2, -0.15) is 0 Å². The van der Waals surface area contributed by atoms with Gasteiger partial charge in [0.25, 0.3) is 10.0 Å². The number of rotatable bonds is 6. The topological polar surface area (TPSA) is 37.4 Å². The smallest absolute Gasteiger partial charge is 0.264 e. The van der Waals surface area contributed by atoms with Gasteiger partial charge in [0.05, 0.1) is 26.5 Å². The van der Waals surface area contributed by atoms with Crippen molar-refractivity contribution in [1.29, 1.82) is 0 Å². The maximum atomic E-state index is 13.3. The molecule has 0 amide bonds. The molecule has 0 saturated heterocycles. The number of benzene rings is 3. The van der Waals surface area contributed by atoms with Gasteiger partial charge in [0.15, 0.2) is 0 Å². The van der Waals surface area contributed by atoms with Crippen LogP contribution in [-0.2, 0) is 16.6 Å². The van der Waals surface area contributed by atoms with E-state index in [-0.39, 0.29) is 16.5 Å². The van der Waals surface area contributed by atoms with Crippen LogP contribution in [0.15, 0.2) is 83.9 Å². The van der Waals surface area contributed by atoms with Crippen LogP contribution in [0.5, 0.6) is 0 Å². The van der Waals surface area contributed by atoms with Gasteiger partial charge >= 0.3 is 0 Å². The van der Waals surface area contributed by atoms with Gasteiger partial charge in [-0.1, -0.05) is 88.9 Å². The highest BCUT2D eigenvalue weighted by Gasteiger charge is 2.23. The van der Waals surface area contributed by atoms with Gasteiger partial charge in [-0.05, 0) is 42.3 Å². The highest BCUT2D eigenvalue weighted by atomic mass is 35.5. The average molecular weight is 467 g/mol. The summed E-state index contributed by atoms with van der Waals surface area (Å²) in [6.45, 7) is 2.04. The zero-order valence-electron chi connectivity index (χ0n) is 15.5. The van der Waals surface area contributed by atoms with Crippen molar-refractivity contribution in [1.82, 2.24) is 4.31 Å². The third-order valence-corrected chi connectivity index (χ3v) is 7.04. The van der Waals surface area contributed by atoms with Gasteiger partial charge in [0.2, 0.25) is 0 Å². The predicted octanol–water partition coefficient (Wildman–Crippen LogP) is 6.73. The summed E-state index contributed by atoms with van der Waals surface area (Å²) in [7, 11) is -3.82. The normalized spacial score (nSPS) is 12.1. The fourth-order valence-corrected chi connectivity index (χ4v) is 4.56. The molecule has 0 saturated carbocycles. The van der Waals surface area contributed by atoms with Crippen molar-refractivity contribution in [3.8, 4) is 0 Å². The van der Waals surface area contributed by atoms with Crippen molar-refractivity contribution in [2.45, 2.75) is 18.4 Å². The lowest BCUT2D eigenvalue weighted by atomic mass is 10.2. The van der Waals surface area contributed by atoms with Crippen molar-refractivity contribution >= 4 is 49.9 Å². The molecule has 7 heteroatoms. The first kappa shape index (κ1) is 21.7. The van der Waals surface area contributed by atoms with E-state index < -0.39 is 10.0 Å². The molecule has 0 aromatic heterocycles. The first-order valence-corrected chi connectivity index (χ1v) is 11.3. The van der Waals surface area contributed by atoms with Crippen LogP contribution in [0.1, 0.15) is 16.7 Å². The molecule has 0 bridgehead atoms. The summed E-state index contributed by atoms with van der Waals surface area (Å²) in [6, 6.07) is 20.9. The predicted molar refractivity (Wildman–Crippen MR) is 121 cm³/mol. The third-order valence-electron chi connectivity index (χ3n) is 4.26. The van der Waals surface area contributed by atoms with E-state index >= 15 is 0 Å². The Morgan fingerprint density at radius 3 is 2.21 bits per heavy atom. The number of halogens is 3. The molecule has 150 valence electrons. The molecule has 0 spiro atoms. The van der Waals surface area contributed by atoms with E-state index in [0.29, 0.717) is 15.6 Å². The SMILES string of the molecule is Cc1ccc(S(=O)(=O)N(/C=C(\Cl)c2ccc(Cl)c(Cl)c2)Cc2ccccc2)cc1. The first-order valence-electron chi connectivity index (χ1n) is 8.72. The Morgan fingerprint density at radius 1 is 0.931 bits per heavy atom. The van der Waals surface area contributed by atoms with E-state index in [4.69, 9.17) is 34.8 Å². The molecule has 29 heavy (non-hydrogen) atoms. The Bertz CT molecular complexity index is 1130. The quantitative estimate of drug-likeness (QED) is 0.404. The van der Waals surface area contributed by atoms with Crippen LogP contribution >= 0.6 is 34.8 Å². The van der Waals surface area contributed by atoms with Crippen LogP contribution in [0.4, 0.5) is 0 Å². The molecule has 0 aliphatic heterocycles. The van der Waals surface area contributed by atoms with Crippen LogP contribution in [-0.4, -0.2) is 12.7 Å². The van der Waals surface area contributed by atoms with E-state index in [0.717, 1.165) is 11.1 Å². The summed E-state index contributed by atoms with van der Waals surface area (Å²) in [6.07, 6.45) is 1.41. The Morgan fingerprint density at radius 2 is 1.59 bits per heavy atom. The van der Waals surface area contributed by atoms with E-state index in [2.05, 4.69) is 0 Å². The van der Waals surface area contributed by atoms with Gasteiger partial charge in [0.1, 0.15) is 0 Å². The van der Waals surface area contributed by atoms with Crippen LogP contribution in [0.2, 0.25) is 10.0 Å². The van der Waals surface area contributed by atoms with Gasteiger partial charge in [-0.15, -0.1) is 0 Å². The first-order chi connectivity index (χ1) is 13.8. The minimum atomic E-state index is -3.82. The van der Waals surface area contributed by atoms with Crippen LogP contribution in [0.25, 0.3) is 5.03 Å². The summed E-state index contributed by atoms with van der Waals surface area (Å²) in [4.78, 5) is 0.189. The molecule has 3 aromatic rings. The zero-order chi connectivity index (χ0) is 21.0. The lowest BCUT2D eigenvalue weighted by Crippen LogP contribution is -2.26. The molecule has 0 unspecified atom stereocenters. The summed E-state index contributed by atoms with van der Waals surface area (Å²) >= 11 is 18.5. The maximum Gasteiger partial charge on any atom is 0.264 e. The Kier molecular flexibility index (Phi) is 6.91. The highest BCUT2D eigenvalue weighted by Crippen LogP contribution is 2.30. The van der Waals surface area contributed by atoms with Crippen LogP contribution < -0.4 is 0 Å². The van der Waals surface area contributed by atoms with Gasteiger partial charge in [-0.3, -0.25) is 4.31 Å². The molecule has 3 nitrogen and oxygen atoms in total. The fourth-order valence-electron chi connectivity index (χ4n) is 2.65. The van der Waals surface area contributed by atoms with Crippen molar-refractivity contribution in [2.75, 3.05) is 0 Å². The van der Waals surface area contributed by atoms with Gasteiger partial charge in [0, 0.05) is 6.20 Å². The average Bonchev–Trinajstić information content (AvgIpc) is 2.70. The summed E-state index contributed by atoms with van der Waals surface area (Å²) in [5.41, 5.74) is 2.37. The molecule has 0 heterocycles. The van der Waals surface area contributed by atoms with E-state index in [1.165, 1.54) is 10.5 Å². The Hall–Kier alpha value is -1.98. The molecule has 0 aliphatic carbocycles. The zero-order valence-corrected chi connectivity index (χ0v) is 18.6. The minimum absolute atomic E-state index is 0.134. The second kappa shape index (κ2) is 9.23. The monoisotopic (exact) mass is 465 g/mol. The molecule has 3 rings (SSSR count). The minimum Gasteiger partial charge on any atom is -0.267 e. The maximum absolute atomic E-state index is 13.3. The fraction of sp³-hybridized carbons (Fsp3) is 0.0909. The Labute approximate surface area is 186 Å². The van der Waals surface area contributed by atoms with E-state index in [1.54, 1.807) is 42.5 Å². The second-order valence-electron chi connectivity index (χ2n) is 6.45. The van der Waals surface area contributed by atoms with E-state index in [9.17, 15) is 8.42 Å². The number of sulfonamides is 1. The molecule has 3 aromatic carbocycles. The van der Waals surface area contributed by atoms with Gasteiger partial charge < -0.3 is 0 Å². The number of hydrogen-bond acceptors (Lipinski definition) is 2. The molecular formula is C22H18Cl3NO2S. The van der Waals surface area contributed by atoms with Gasteiger partial charge in [-0.25, -0.2) is 8.42 Å². The van der Waals surface area contributed by atoms with Crippen molar-refractivity contribution < 1.29 is 8.42 Å². The lowest BCUT2D eigenvalue weighted by Gasteiger charge is -2.22. The molecule has 0 fully saturated rings. The summed E-state index contributed by atoms with van der Waals surface area (Å²) < 4.78 is 27.9. The van der Waals surface area contributed by atoms with Crippen LogP contribution in [0.3, 0.4) is 0 Å². The van der Waals surface area contributed by atoms with Crippen molar-refractivity contribution in [2.24, 2.45) is 0 Å². The number of aryl methyl sites for hydroxylation is 1. The summed E-state index contributed by atoms with van der Waals surface area (Å²) in [5, 5.41) is 0.968.